The van der Waals surface area contributed by atoms with E-state index in [0.29, 0.717) is 22.6 Å². The van der Waals surface area contributed by atoms with Crippen molar-refractivity contribution in [1.82, 2.24) is 9.21 Å². The number of carbonyl (C=O) groups excluding carboxylic acids is 1. The number of allylic oxidation sites excluding steroid dienone is 4. The van der Waals surface area contributed by atoms with Gasteiger partial charge in [0.1, 0.15) is 5.75 Å². The number of piperazine rings is 1. The van der Waals surface area contributed by atoms with E-state index < -0.39 is 10.0 Å². The number of aryl methyl sites for hydroxylation is 2. The molecule has 1 fully saturated rings. The Balaban J connectivity index is 1.54. The zero-order valence-electron chi connectivity index (χ0n) is 23.6. The summed E-state index contributed by atoms with van der Waals surface area (Å²) >= 11 is 0. The van der Waals surface area contributed by atoms with Crippen molar-refractivity contribution in [2.45, 2.75) is 32.1 Å². The highest BCUT2D eigenvalue weighted by Crippen LogP contribution is 2.28. The summed E-state index contributed by atoms with van der Waals surface area (Å²) in [7, 11) is -0.709. The Labute approximate surface area is 233 Å². The van der Waals surface area contributed by atoms with Gasteiger partial charge in [-0.05, 0) is 80.4 Å². The van der Waals surface area contributed by atoms with Gasteiger partial charge in [0.2, 0.25) is 15.9 Å². The molecule has 1 saturated heterocycles. The molecule has 0 aromatic heterocycles. The molecule has 2 aromatic carbocycles. The maximum atomic E-state index is 13.2. The topological polar surface area (TPSA) is 82.2 Å². The van der Waals surface area contributed by atoms with Crippen molar-refractivity contribution in [2.24, 2.45) is 0 Å². The maximum absolute atomic E-state index is 13.2. The molecular weight excluding hydrogens is 512 g/mol. The lowest BCUT2D eigenvalue weighted by Gasteiger charge is -2.38. The number of rotatable bonds is 11. The lowest BCUT2D eigenvalue weighted by molar-refractivity contribution is -0.116. The average molecular weight is 553 g/mol. The number of benzene rings is 2. The van der Waals surface area contributed by atoms with Crippen LogP contribution in [-0.2, 0) is 14.8 Å². The number of ether oxygens (including phenoxy) is 1. The normalized spacial score (nSPS) is 14.7. The predicted octanol–water partition coefficient (Wildman–Crippen LogP) is 4.73. The predicted molar refractivity (Wildman–Crippen MR) is 159 cm³/mol. The molecule has 9 heteroatoms. The molecule has 0 aliphatic carbocycles. The van der Waals surface area contributed by atoms with Crippen molar-refractivity contribution in [3.05, 3.63) is 84.1 Å². The summed E-state index contributed by atoms with van der Waals surface area (Å²) in [5.74, 6) is 0.366. The Morgan fingerprint density at radius 2 is 1.72 bits per heavy atom. The molecule has 2 aromatic rings. The quantitative estimate of drug-likeness (QED) is 0.406. The van der Waals surface area contributed by atoms with Crippen LogP contribution in [0.2, 0.25) is 0 Å². The van der Waals surface area contributed by atoms with Crippen LogP contribution in [-0.4, -0.2) is 70.4 Å². The monoisotopic (exact) mass is 552 g/mol. The number of carbonyl (C=O) groups is 1. The minimum Gasteiger partial charge on any atom is -0.497 e. The van der Waals surface area contributed by atoms with Gasteiger partial charge < -0.3 is 19.9 Å². The number of hydrogen-bond acceptors (Lipinski definition) is 6. The molecule has 1 aliphatic rings. The summed E-state index contributed by atoms with van der Waals surface area (Å²) in [5, 5.41) is 2.88. The van der Waals surface area contributed by atoms with Gasteiger partial charge in [-0.2, -0.15) is 0 Å². The van der Waals surface area contributed by atoms with Crippen LogP contribution in [0.25, 0.3) is 0 Å². The SMILES string of the molecule is C=C/C=C(\C=C/C)N1CCN(c2ccc(NC(=O)CCN(C)S(=O)(=O)c3c(C)cc(OC)cc3C)cc2)CC1. The van der Waals surface area contributed by atoms with Crippen LogP contribution in [0.5, 0.6) is 5.75 Å². The first-order valence-corrected chi connectivity index (χ1v) is 14.5. The summed E-state index contributed by atoms with van der Waals surface area (Å²) in [6.45, 7) is 13.0. The highest BCUT2D eigenvalue weighted by molar-refractivity contribution is 7.89. The van der Waals surface area contributed by atoms with Crippen LogP contribution in [0.15, 0.2) is 77.9 Å². The van der Waals surface area contributed by atoms with Crippen LogP contribution in [0.1, 0.15) is 24.5 Å². The van der Waals surface area contributed by atoms with Gasteiger partial charge in [0.25, 0.3) is 0 Å². The highest BCUT2D eigenvalue weighted by Gasteiger charge is 2.26. The Morgan fingerprint density at radius 3 is 2.26 bits per heavy atom. The molecular formula is C30H40N4O4S. The summed E-state index contributed by atoms with van der Waals surface area (Å²) < 4.78 is 32.8. The molecule has 0 saturated carbocycles. The Bertz CT molecular complexity index is 1300. The number of anilines is 2. The van der Waals surface area contributed by atoms with Crippen LogP contribution < -0.4 is 15.0 Å². The standard InChI is InChI=1S/C30H40N4O4S/c1-7-9-26(10-8-2)33-17-19-34(20-18-33)27-13-11-25(12-14-27)31-29(35)15-16-32(5)39(36,37)30-23(3)21-28(38-6)22-24(30)4/h7-14,21-22H,1,15-20H2,2-6H3,(H,31,35)/b10-8-,26-9+. The summed E-state index contributed by atoms with van der Waals surface area (Å²) in [6, 6.07) is 11.2. The smallest absolute Gasteiger partial charge is 0.243 e. The maximum Gasteiger partial charge on any atom is 0.243 e. The van der Waals surface area contributed by atoms with E-state index in [9.17, 15) is 13.2 Å². The van der Waals surface area contributed by atoms with E-state index in [-0.39, 0.29) is 23.8 Å². The summed E-state index contributed by atoms with van der Waals surface area (Å²) in [6.07, 6.45) is 8.02. The lowest BCUT2D eigenvalue weighted by atomic mass is 10.1. The fourth-order valence-electron chi connectivity index (χ4n) is 4.73. The van der Waals surface area contributed by atoms with Gasteiger partial charge in [0.15, 0.2) is 0 Å². The Hall–Kier alpha value is -3.56. The minimum absolute atomic E-state index is 0.0421. The van der Waals surface area contributed by atoms with E-state index >= 15 is 0 Å². The number of hydrogen-bond donors (Lipinski definition) is 1. The second-order valence-electron chi connectivity index (χ2n) is 9.56. The zero-order chi connectivity index (χ0) is 28.6. The number of nitrogens with one attached hydrogen (secondary N) is 1. The highest BCUT2D eigenvalue weighted by atomic mass is 32.2. The van der Waals surface area contributed by atoms with Gasteiger partial charge in [0.05, 0.1) is 12.0 Å². The fraction of sp³-hybridized carbons (Fsp3) is 0.367. The number of nitrogens with zero attached hydrogens (tertiary/aromatic N) is 3. The summed E-state index contributed by atoms with van der Waals surface area (Å²) in [5.41, 5.74) is 4.16. The van der Waals surface area contributed by atoms with E-state index in [1.165, 1.54) is 11.4 Å². The van der Waals surface area contributed by atoms with E-state index in [1.807, 2.05) is 49.4 Å². The van der Waals surface area contributed by atoms with E-state index in [0.717, 1.165) is 37.6 Å². The molecule has 0 atom stereocenters. The molecule has 0 unspecified atom stereocenters. The van der Waals surface area contributed by atoms with E-state index in [2.05, 4.69) is 27.8 Å². The van der Waals surface area contributed by atoms with Crippen molar-refractivity contribution >= 4 is 27.3 Å². The van der Waals surface area contributed by atoms with E-state index in [1.54, 1.807) is 33.1 Å². The molecule has 1 N–H and O–H groups in total. The van der Waals surface area contributed by atoms with Crippen LogP contribution in [0, 0.1) is 13.8 Å². The molecule has 39 heavy (non-hydrogen) atoms. The third-order valence-electron chi connectivity index (χ3n) is 6.78. The zero-order valence-corrected chi connectivity index (χ0v) is 24.4. The molecule has 1 heterocycles. The van der Waals surface area contributed by atoms with Gasteiger partial charge in [-0.25, -0.2) is 12.7 Å². The lowest BCUT2D eigenvalue weighted by Crippen LogP contribution is -2.45. The van der Waals surface area contributed by atoms with Crippen LogP contribution in [0.3, 0.4) is 0 Å². The Morgan fingerprint density at radius 1 is 1.10 bits per heavy atom. The number of amides is 1. The number of sulfonamides is 1. The Kier molecular flexibility index (Phi) is 10.4. The molecule has 8 nitrogen and oxygen atoms in total. The second-order valence-corrected chi connectivity index (χ2v) is 11.5. The van der Waals surface area contributed by atoms with Gasteiger partial charge in [-0.3, -0.25) is 4.79 Å². The molecule has 0 spiro atoms. The summed E-state index contributed by atoms with van der Waals surface area (Å²) in [4.78, 5) is 17.5. The average Bonchev–Trinajstić information content (AvgIpc) is 2.91. The van der Waals surface area contributed by atoms with Crippen molar-refractivity contribution < 1.29 is 17.9 Å². The van der Waals surface area contributed by atoms with Crippen LogP contribution in [0.4, 0.5) is 11.4 Å². The third-order valence-corrected chi connectivity index (χ3v) is 8.94. The first-order valence-electron chi connectivity index (χ1n) is 13.1. The molecule has 210 valence electrons. The first kappa shape index (κ1) is 30.0. The van der Waals surface area contributed by atoms with Crippen LogP contribution >= 0.6 is 0 Å². The molecule has 3 rings (SSSR count). The molecule has 0 radical (unpaired) electrons. The second kappa shape index (κ2) is 13.5. The number of methoxy groups -OCH3 is 1. The largest absolute Gasteiger partial charge is 0.497 e. The van der Waals surface area contributed by atoms with Gasteiger partial charge in [-0.15, -0.1) is 0 Å². The molecule has 0 bridgehead atoms. The molecule has 1 amide bonds. The third kappa shape index (κ3) is 7.52. The van der Waals surface area contributed by atoms with E-state index in [4.69, 9.17) is 4.74 Å². The van der Waals surface area contributed by atoms with Gasteiger partial charge in [-0.1, -0.05) is 18.7 Å². The minimum atomic E-state index is -3.75. The van der Waals surface area contributed by atoms with Crippen molar-refractivity contribution in [1.29, 1.82) is 0 Å². The van der Waals surface area contributed by atoms with Crippen molar-refractivity contribution in [3.63, 3.8) is 0 Å². The van der Waals surface area contributed by atoms with Gasteiger partial charge in [0, 0.05) is 63.3 Å². The fourth-order valence-corrected chi connectivity index (χ4v) is 6.31. The van der Waals surface area contributed by atoms with Gasteiger partial charge >= 0.3 is 0 Å². The van der Waals surface area contributed by atoms with Crippen molar-refractivity contribution in [3.8, 4) is 5.75 Å². The molecule has 1 aliphatic heterocycles. The first-order chi connectivity index (χ1) is 18.6. The van der Waals surface area contributed by atoms with Crippen molar-refractivity contribution in [2.75, 3.05) is 57.1 Å².